The van der Waals surface area contributed by atoms with Crippen molar-refractivity contribution in [1.82, 2.24) is 20.2 Å². The lowest BCUT2D eigenvalue weighted by Crippen LogP contribution is -2.47. The Hall–Kier alpha value is -2.38. The molecule has 27 heavy (non-hydrogen) atoms. The molecule has 0 unspecified atom stereocenters. The number of rotatable bonds is 5. The van der Waals surface area contributed by atoms with Crippen LogP contribution in [-0.4, -0.2) is 52.4 Å². The number of amides is 2. The summed E-state index contributed by atoms with van der Waals surface area (Å²) in [6.45, 7) is 0.988. The number of halogens is 2. The fourth-order valence-electron chi connectivity index (χ4n) is 2.77. The maximum absolute atomic E-state index is 12.3. The van der Waals surface area contributed by atoms with E-state index in [0.29, 0.717) is 41.7 Å². The molecule has 0 atom stereocenters. The second-order valence-electron chi connectivity index (χ2n) is 6.08. The van der Waals surface area contributed by atoms with Crippen molar-refractivity contribution in [2.24, 2.45) is 0 Å². The number of piperidine rings is 1. The Bertz CT molecular complexity index is 812. The Kier molecular flexibility index (Phi) is 6.47. The predicted molar refractivity (Wildman–Crippen MR) is 101 cm³/mol. The number of nitrogens with one attached hydrogen (secondary N) is 1. The molecule has 1 aromatic heterocycles. The normalized spacial score (nSPS) is 14.7. The lowest BCUT2D eigenvalue weighted by molar-refractivity contribution is -0.134. The molecule has 2 amide bonds. The van der Waals surface area contributed by atoms with E-state index < -0.39 is 0 Å². The summed E-state index contributed by atoms with van der Waals surface area (Å²) in [6, 6.07) is 4.84. The van der Waals surface area contributed by atoms with Gasteiger partial charge in [-0.05, 0) is 31.0 Å². The number of nitrogens with zero attached hydrogens (tertiary/aromatic N) is 3. The van der Waals surface area contributed by atoms with Crippen LogP contribution in [0.3, 0.4) is 0 Å². The van der Waals surface area contributed by atoms with Crippen molar-refractivity contribution >= 4 is 35.0 Å². The molecule has 0 radical (unpaired) electrons. The highest BCUT2D eigenvalue weighted by Gasteiger charge is 2.24. The van der Waals surface area contributed by atoms with Gasteiger partial charge in [0.15, 0.2) is 6.61 Å². The molecule has 142 valence electrons. The average Bonchev–Trinajstić information content (AvgIpc) is 2.68. The van der Waals surface area contributed by atoms with Crippen LogP contribution in [0.1, 0.15) is 23.3 Å². The van der Waals surface area contributed by atoms with Crippen molar-refractivity contribution in [2.75, 3.05) is 19.7 Å². The van der Waals surface area contributed by atoms with Crippen LogP contribution < -0.4 is 10.1 Å². The van der Waals surface area contributed by atoms with Crippen molar-refractivity contribution < 1.29 is 14.3 Å². The van der Waals surface area contributed by atoms with Crippen LogP contribution in [0.4, 0.5) is 0 Å². The summed E-state index contributed by atoms with van der Waals surface area (Å²) < 4.78 is 5.49. The number of carbonyl (C=O) groups is 2. The average molecular weight is 409 g/mol. The van der Waals surface area contributed by atoms with E-state index in [2.05, 4.69) is 15.3 Å². The molecular formula is C18H18Cl2N4O3. The number of benzene rings is 1. The van der Waals surface area contributed by atoms with Gasteiger partial charge in [-0.2, -0.15) is 0 Å². The Morgan fingerprint density at radius 3 is 2.67 bits per heavy atom. The summed E-state index contributed by atoms with van der Waals surface area (Å²) in [7, 11) is 0. The van der Waals surface area contributed by atoms with Gasteiger partial charge in [0.05, 0.1) is 11.2 Å². The summed E-state index contributed by atoms with van der Waals surface area (Å²) in [5.74, 6) is 0.0360. The van der Waals surface area contributed by atoms with E-state index in [1.807, 2.05) is 0 Å². The van der Waals surface area contributed by atoms with Crippen molar-refractivity contribution in [2.45, 2.75) is 18.9 Å². The summed E-state index contributed by atoms with van der Waals surface area (Å²) >= 11 is 11.9. The lowest BCUT2D eigenvalue weighted by Gasteiger charge is -2.32. The predicted octanol–water partition coefficient (Wildman–Crippen LogP) is 2.58. The molecule has 0 aliphatic carbocycles. The van der Waals surface area contributed by atoms with E-state index in [1.165, 1.54) is 18.6 Å². The maximum atomic E-state index is 12.3. The molecule has 0 spiro atoms. The third kappa shape index (κ3) is 5.30. The molecule has 0 bridgehead atoms. The van der Waals surface area contributed by atoms with Gasteiger partial charge in [0.25, 0.3) is 11.8 Å². The van der Waals surface area contributed by atoms with E-state index in [9.17, 15) is 9.59 Å². The summed E-state index contributed by atoms with van der Waals surface area (Å²) in [4.78, 5) is 34.0. The van der Waals surface area contributed by atoms with Crippen LogP contribution in [-0.2, 0) is 4.79 Å². The van der Waals surface area contributed by atoms with Gasteiger partial charge in [-0.1, -0.05) is 23.2 Å². The second kappa shape index (κ2) is 9.01. The van der Waals surface area contributed by atoms with Gasteiger partial charge >= 0.3 is 0 Å². The summed E-state index contributed by atoms with van der Waals surface area (Å²) in [6.07, 6.45) is 5.75. The molecule has 1 fully saturated rings. The number of likely N-dealkylation sites (tertiary alicyclic amines) is 1. The number of aromatic nitrogens is 2. The Labute approximate surface area is 166 Å². The first-order chi connectivity index (χ1) is 13.0. The minimum Gasteiger partial charge on any atom is -0.482 e. The lowest BCUT2D eigenvalue weighted by atomic mass is 10.0. The van der Waals surface area contributed by atoms with Gasteiger partial charge in [-0.25, -0.2) is 4.98 Å². The Morgan fingerprint density at radius 2 is 2.00 bits per heavy atom. The monoisotopic (exact) mass is 408 g/mol. The van der Waals surface area contributed by atoms with Gasteiger partial charge < -0.3 is 15.0 Å². The second-order valence-corrected chi connectivity index (χ2v) is 6.93. The number of ether oxygens (including phenoxy) is 1. The van der Waals surface area contributed by atoms with Crippen molar-refractivity contribution in [3.63, 3.8) is 0 Å². The molecule has 1 aliphatic heterocycles. The Morgan fingerprint density at radius 1 is 1.22 bits per heavy atom. The molecule has 3 rings (SSSR count). The molecule has 2 aromatic rings. The first-order valence-corrected chi connectivity index (χ1v) is 9.21. The van der Waals surface area contributed by atoms with Gasteiger partial charge in [0.1, 0.15) is 11.4 Å². The third-order valence-electron chi connectivity index (χ3n) is 4.22. The fraction of sp³-hybridized carbons (Fsp3) is 0.333. The van der Waals surface area contributed by atoms with Crippen LogP contribution in [0.15, 0.2) is 36.8 Å². The quantitative estimate of drug-likeness (QED) is 0.821. The van der Waals surface area contributed by atoms with Gasteiger partial charge in [0.2, 0.25) is 0 Å². The molecule has 2 heterocycles. The summed E-state index contributed by atoms with van der Waals surface area (Å²) in [5, 5.41) is 3.79. The van der Waals surface area contributed by atoms with Gasteiger partial charge in [-0.15, -0.1) is 0 Å². The highest BCUT2D eigenvalue weighted by Crippen LogP contribution is 2.27. The van der Waals surface area contributed by atoms with Crippen LogP contribution >= 0.6 is 23.2 Å². The van der Waals surface area contributed by atoms with E-state index in [-0.39, 0.29) is 30.2 Å². The first-order valence-electron chi connectivity index (χ1n) is 8.45. The van der Waals surface area contributed by atoms with Crippen molar-refractivity contribution in [3.05, 3.63) is 52.5 Å². The van der Waals surface area contributed by atoms with E-state index in [0.717, 1.165) is 0 Å². The van der Waals surface area contributed by atoms with Crippen LogP contribution in [0.5, 0.6) is 5.75 Å². The van der Waals surface area contributed by atoms with Gasteiger partial charge in [0, 0.05) is 36.5 Å². The van der Waals surface area contributed by atoms with E-state index in [1.54, 1.807) is 23.1 Å². The maximum Gasteiger partial charge on any atom is 0.271 e. The highest BCUT2D eigenvalue weighted by atomic mass is 35.5. The minimum atomic E-state index is -0.256. The zero-order chi connectivity index (χ0) is 19.2. The molecule has 0 saturated carbocycles. The zero-order valence-electron chi connectivity index (χ0n) is 14.4. The minimum absolute atomic E-state index is 0.00446. The number of hydrogen-bond acceptors (Lipinski definition) is 5. The standard InChI is InChI=1S/C18H18Cl2N4O3/c19-12-1-2-16(14(20)9-12)27-11-17(25)24-7-3-13(4-8-24)23-18(26)15-10-21-5-6-22-15/h1-2,5-6,9-10,13H,3-4,7-8,11H2,(H,23,26). The van der Waals surface area contributed by atoms with Gasteiger partial charge in [-0.3, -0.25) is 14.6 Å². The largest absolute Gasteiger partial charge is 0.482 e. The first kappa shape index (κ1) is 19.4. The van der Waals surface area contributed by atoms with Crippen molar-refractivity contribution in [1.29, 1.82) is 0 Å². The Balaban J connectivity index is 1.44. The smallest absolute Gasteiger partial charge is 0.271 e. The van der Waals surface area contributed by atoms with Crippen molar-refractivity contribution in [3.8, 4) is 5.75 Å². The molecule has 1 aromatic carbocycles. The summed E-state index contributed by atoms with van der Waals surface area (Å²) in [5.41, 5.74) is 0.282. The zero-order valence-corrected chi connectivity index (χ0v) is 15.9. The molecule has 9 heteroatoms. The number of carbonyl (C=O) groups excluding carboxylic acids is 2. The van der Waals surface area contributed by atoms with Crippen LogP contribution in [0.2, 0.25) is 10.0 Å². The van der Waals surface area contributed by atoms with E-state index in [4.69, 9.17) is 27.9 Å². The molecule has 7 nitrogen and oxygen atoms in total. The molecule has 1 aliphatic rings. The molecule has 1 saturated heterocycles. The third-order valence-corrected chi connectivity index (χ3v) is 4.75. The molecule has 1 N–H and O–H groups in total. The molecular weight excluding hydrogens is 391 g/mol. The highest BCUT2D eigenvalue weighted by molar-refractivity contribution is 6.35. The SMILES string of the molecule is O=C(NC1CCN(C(=O)COc2ccc(Cl)cc2Cl)CC1)c1cnccn1. The van der Waals surface area contributed by atoms with E-state index >= 15 is 0 Å². The fourth-order valence-corrected chi connectivity index (χ4v) is 3.23. The number of hydrogen-bond donors (Lipinski definition) is 1. The van der Waals surface area contributed by atoms with Crippen LogP contribution in [0.25, 0.3) is 0 Å². The van der Waals surface area contributed by atoms with Crippen LogP contribution in [0, 0.1) is 0 Å². The topological polar surface area (TPSA) is 84.4 Å².